The SMILES string of the molecule is O=C1CC(NC(=O)c2ccc(C(=O)N3C=Cc4ccc(C#CCc5ccccc5)cc4C3)cc2)=NN1. The van der Waals surface area contributed by atoms with E-state index in [0.29, 0.717) is 24.1 Å². The molecule has 0 atom stereocenters. The van der Waals surface area contributed by atoms with Crippen molar-refractivity contribution in [2.75, 3.05) is 0 Å². The molecule has 5 rings (SSSR count). The van der Waals surface area contributed by atoms with Gasteiger partial charge in [0.2, 0.25) is 5.91 Å². The summed E-state index contributed by atoms with van der Waals surface area (Å²) in [6, 6.07) is 22.5. The summed E-state index contributed by atoms with van der Waals surface area (Å²) in [6.07, 6.45) is 4.40. The van der Waals surface area contributed by atoms with E-state index >= 15 is 0 Å². The maximum absolute atomic E-state index is 13.1. The Kier molecular flexibility index (Phi) is 6.41. The Morgan fingerprint density at radius 3 is 2.53 bits per heavy atom. The Bertz CT molecular complexity index is 1460. The average Bonchev–Trinajstić information content (AvgIpc) is 3.32. The van der Waals surface area contributed by atoms with Crippen molar-refractivity contribution in [1.82, 2.24) is 15.6 Å². The molecule has 3 aromatic carbocycles. The predicted molar refractivity (Wildman–Crippen MR) is 136 cm³/mol. The summed E-state index contributed by atoms with van der Waals surface area (Å²) in [5.41, 5.74) is 7.28. The van der Waals surface area contributed by atoms with E-state index in [1.807, 2.05) is 42.5 Å². The third-order valence-electron chi connectivity index (χ3n) is 5.84. The first-order valence-electron chi connectivity index (χ1n) is 11.5. The highest BCUT2D eigenvalue weighted by Crippen LogP contribution is 2.23. The lowest BCUT2D eigenvalue weighted by Gasteiger charge is -2.24. The van der Waals surface area contributed by atoms with Crippen LogP contribution in [0, 0.1) is 11.8 Å². The number of nitrogens with one attached hydrogen (secondary N) is 2. The monoisotopic (exact) mass is 474 g/mol. The molecule has 2 N–H and O–H groups in total. The Labute approximate surface area is 208 Å². The van der Waals surface area contributed by atoms with Gasteiger partial charge in [-0.3, -0.25) is 14.4 Å². The zero-order valence-electron chi connectivity index (χ0n) is 19.3. The topological polar surface area (TPSA) is 90.9 Å². The summed E-state index contributed by atoms with van der Waals surface area (Å²) in [6.45, 7) is 0.433. The van der Waals surface area contributed by atoms with Crippen molar-refractivity contribution in [2.45, 2.75) is 19.4 Å². The largest absolute Gasteiger partial charge is 0.311 e. The number of rotatable bonds is 3. The Hall–Kier alpha value is -4.96. The standard InChI is InChI=1S/C29H22N4O3/c34-27-18-26(31-32-27)30-28(35)23-11-13-24(14-12-23)29(36)33-16-15-22-10-9-21(17-25(22)19-33)8-4-7-20-5-2-1-3-6-20/h1-3,5-6,9-17H,7,18-19H2,(H,32,34)(H,30,31,35). The van der Waals surface area contributed by atoms with Crippen molar-refractivity contribution in [1.29, 1.82) is 0 Å². The Morgan fingerprint density at radius 2 is 1.78 bits per heavy atom. The first-order chi connectivity index (χ1) is 17.5. The molecule has 176 valence electrons. The zero-order chi connectivity index (χ0) is 24.9. The fourth-order valence-corrected chi connectivity index (χ4v) is 3.94. The van der Waals surface area contributed by atoms with Crippen LogP contribution in [0.5, 0.6) is 0 Å². The molecular formula is C29H22N4O3. The summed E-state index contributed by atoms with van der Waals surface area (Å²) in [7, 11) is 0. The lowest BCUT2D eigenvalue weighted by molar-refractivity contribution is -0.119. The molecule has 36 heavy (non-hydrogen) atoms. The molecule has 0 bridgehead atoms. The van der Waals surface area contributed by atoms with Crippen LogP contribution in [-0.4, -0.2) is 28.5 Å². The minimum absolute atomic E-state index is 0.0331. The number of carbonyl (C=O) groups is 3. The van der Waals surface area contributed by atoms with Gasteiger partial charge in [0, 0.05) is 29.3 Å². The van der Waals surface area contributed by atoms with Gasteiger partial charge in [0.05, 0.1) is 13.0 Å². The van der Waals surface area contributed by atoms with E-state index < -0.39 is 5.91 Å². The van der Waals surface area contributed by atoms with Crippen LogP contribution < -0.4 is 10.7 Å². The van der Waals surface area contributed by atoms with Gasteiger partial charge in [-0.15, -0.1) is 0 Å². The number of benzene rings is 3. The fraction of sp³-hybridized carbons (Fsp3) is 0.103. The molecule has 0 spiro atoms. The summed E-state index contributed by atoms with van der Waals surface area (Å²) >= 11 is 0. The van der Waals surface area contributed by atoms with Gasteiger partial charge >= 0.3 is 0 Å². The molecule has 0 aromatic heterocycles. The van der Waals surface area contributed by atoms with Crippen molar-refractivity contribution in [2.24, 2.45) is 5.10 Å². The molecule has 2 aliphatic heterocycles. The molecule has 7 heteroatoms. The molecule has 2 aliphatic rings. The normalized spacial score (nSPS) is 13.7. The molecule has 0 radical (unpaired) electrons. The van der Waals surface area contributed by atoms with Gasteiger partial charge in [-0.1, -0.05) is 48.2 Å². The van der Waals surface area contributed by atoms with Crippen molar-refractivity contribution < 1.29 is 14.4 Å². The van der Waals surface area contributed by atoms with Crippen LogP contribution in [0.3, 0.4) is 0 Å². The number of carbonyl (C=O) groups excluding carboxylic acids is 3. The van der Waals surface area contributed by atoms with Gasteiger partial charge in [-0.2, -0.15) is 5.10 Å². The van der Waals surface area contributed by atoms with Crippen molar-refractivity contribution >= 4 is 29.6 Å². The Balaban J connectivity index is 1.23. The first kappa shape index (κ1) is 22.8. The number of hydrazone groups is 1. The highest BCUT2D eigenvalue weighted by Gasteiger charge is 2.20. The predicted octanol–water partition coefficient (Wildman–Crippen LogP) is 3.47. The van der Waals surface area contributed by atoms with Gasteiger partial charge in [-0.25, -0.2) is 5.43 Å². The second-order valence-corrected chi connectivity index (χ2v) is 8.43. The quantitative estimate of drug-likeness (QED) is 0.570. The van der Waals surface area contributed by atoms with E-state index in [4.69, 9.17) is 0 Å². The maximum atomic E-state index is 13.1. The van der Waals surface area contributed by atoms with Crippen LogP contribution in [0.25, 0.3) is 6.08 Å². The van der Waals surface area contributed by atoms with Crippen LogP contribution in [0.4, 0.5) is 0 Å². The highest BCUT2D eigenvalue weighted by molar-refractivity contribution is 6.13. The van der Waals surface area contributed by atoms with Crippen LogP contribution in [0.1, 0.15) is 49.4 Å². The zero-order valence-corrected chi connectivity index (χ0v) is 19.3. The highest BCUT2D eigenvalue weighted by atomic mass is 16.2. The third kappa shape index (κ3) is 5.24. The van der Waals surface area contributed by atoms with Crippen molar-refractivity contribution in [3.05, 3.63) is 112 Å². The summed E-state index contributed by atoms with van der Waals surface area (Å²) in [4.78, 5) is 38.3. The molecule has 3 aromatic rings. The fourth-order valence-electron chi connectivity index (χ4n) is 3.94. The molecule has 3 amide bonds. The van der Waals surface area contributed by atoms with E-state index in [1.54, 1.807) is 35.4 Å². The van der Waals surface area contributed by atoms with E-state index in [9.17, 15) is 14.4 Å². The smallest absolute Gasteiger partial charge is 0.258 e. The lowest BCUT2D eigenvalue weighted by Crippen LogP contribution is -2.30. The van der Waals surface area contributed by atoms with Crippen LogP contribution in [-0.2, 0) is 17.8 Å². The molecule has 0 fully saturated rings. The average molecular weight is 475 g/mol. The Morgan fingerprint density at radius 1 is 1.00 bits per heavy atom. The number of fused-ring (bicyclic) bond motifs is 1. The lowest BCUT2D eigenvalue weighted by atomic mass is 10.0. The van der Waals surface area contributed by atoms with Crippen LogP contribution >= 0.6 is 0 Å². The molecule has 0 aliphatic carbocycles. The minimum Gasteiger partial charge on any atom is -0.311 e. The van der Waals surface area contributed by atoms with Gasteiger partial charge in [-0.05, 0) is 59.2 Å². The molecule has 7 nitrogen and oxygen atoms in total. The molecular weight excluding hydrogens is 452 g/mol. The number of amidine groups is 1. The maximum Gasteiger partial charge on any atom is 0.258 e. The third-order valence-corrected chi connectivity index (χ3v) is 5.84. The summed E-state index contributed by atoms with van der Waals surface area (Å²) < 4.78 is 0. The molecule has 0 saturated carbocycles. The molecule has 0 unspecified atom stereocenters. The van der Waals surface area contributed by atoms with E-state index in [2.05, 4.69) is 39.8 Å². The van der Waals surface area contributed by atoms with Gasteiger partial charge < -0.3 is 10.2 Å². The second-order valence-electron chi connectivity index (χ2n) is 8.43. The molecule has 0 saturated heterocycles. The second kappa shape index (κ2) is 10.1. The van der Waals surface area contributed by atoms with E-state index in [0.717, 1.165) is 16.7 Å². The van der Waals surface area contributed by atoms with Gasteiger partial charge in [0.1, 0.15) is 5.84 Å². The number of amides is 3. The summed E-state index contributed by atoms with van der Waals surface area (Å²) in [5.74, 6) is 5.87. The van der Waals surface area contributed by atoms with Crippen LogP contribution in [0.2, 0.25) is 0 Å². The first-order valence-corrected chi connectivity index (χ1v) is 11.5. The number of nitrogens with zero attached hydrogens (tertiary/aromatic N) is 2. The molecule has 2 heterocycles. The van der Waals surface area contributed by atoms with Gasteiger partial charge in [0.15, 0.2) is 0 Å². The number of hydrogen-bond acceptors (Lipinski definition) is 4. The summed E-state index contributed by atoms with van der Waals surface area (Å²) in [5, 5.41) is 6.34. The minimum atomic E-state index is -0.392. The number of hydrogen-bond donors (Lipinski definition) is 2. The van der Waals surface area contributed by atoms with Crippen molar-refractivity contribution in [3.8, 4) is 11.8 Å². The van der Waals surface area contributed by atoms with E-state index in [1.165, 1.54) is 5.56 Å². The van der Waals surface area contributed by atoms with Crippen LogP contribution in [0.15, 0.2) is 84.1 Å². The van der Waals surface area contributed by atoms with Crippen molar-refractivity contribution in [3.63, 3.8) is 0 Å². The van der Waals surface area contributed by atoms with E-state index in [-0.39, 0.29) is 24.1 Å². The van der Waals surface area contributed by atoms with Gasteiger partial charge in [0.25, 0.3) is 11.8 Å².